The van der Waals surface area contributed by atoms with Crippen molar-refractivity contribution in [2.75, 3.05) is 0 Å². The van der Waals surface area contributed by atoms with Gasteiger partial charge in [-0.05, 0) is 30.3 Å². The van der Waals surface area contributed by atoms with Gasteiger partial charge in [0.2, 0.25) is 0 Å². The van der Waals surface area contributed by atoms with Crippen LogP contribution in [0.25, 0.3) is 16.6 Å². The molecule has 1 heterocycles. The smallest absolute Gasteiger partial charge is 0.150 e. The number of hydrazone groups is 1. The lowest BCUT2D eigenvalue weighted by atomic mass is 10.2. The fourth-order valence-electron chi connectivity index (χ4n) is 2.35. The molecule has 0 amide bonds. The van der Waals surface area contributed by atoms with E-state index in [-0.39, 0.29) is 5.84 Å². The van der Waals surface area contributed by atoms with Gasteiger partial charge >= 0.3 is 0 Å². The third-order valence-electron chi connectivity index (χ3n) is 3.41. The van der Waals surface area contributed by atoms with Crippen molar-refractivity contribution in [3.05, 3.63) is 65.9 Å². The van der Waals surface area contributed by atoms with Crippen LogP contribution in [0.5, 0.6) is 0 Å². The fraction of sp³-hybridized carbons (Fsp3) is 0. The highest BCUT2D eigenvalue weighted by atomic mass is 15.2. The van der Waals surface area contributed by atoms with Gasteiger partial charge in [0.25, 0.3) is 0 Å². The monoisotopic (exact) mass is 275 g/mol. The van der Waals surface area contributed by atoms with E-state index in [1.807, 2.05) is 59.3 Å². The van der Waals surface area contributed by atoms with E-state index in [9.17, 15) is 5.26 Å². The largest absolute Gasteiger partial charge is 0.382 e. The number of hydrogen-bond acceptors (Lipinski definition) is 3. The minimum Gasteiger partial charge on any atom is -0.382 e. The van der Waals surface area contributed by atoms with Crippen LogP contribution in [0.3, 0.4) is 0 Å². The summed E-state index contributed by atoms with van der Waals surface area (Å²) in [5.74, 6) is 5.46. The van der Waals surface area contributed by atoms with Crippen LogP contribution in [0.15, 0.2) is 59.8 Å². The first-order chi connectivity index (χ1) is 10.2. The Labute approximate surface area is 121 Å². The Kier molecular flexibility index (Phi) is 3.05. The molecule has 2 aromatic carbocycles. The molecule has 3 rings (SSSR count). The van der Waals surface area contributed by atoms with E-state index in [0.717, 1.165) is 22.2 Å². The number of para-hydroxylation sites is 1. The minimum absolute atomic E-state index is 0.289. The van der Waals surface area contributed by atoms with E-state index in [4.69, 9.17) is 11.6 Å². The third kappa shape index (κ3) is 2.09. The van der Waals surface area contributed by atoms with Gasteiger partial charge in [-0.15, -0.1) is 0 Å². The highest BCUT2D eigenvalue weighted by Gasteiger charge is 2.09. The Morgan fingerprint density at radius 2 is 1.81 bits per heavy atom. The molecule has 3 aromatic rings. The van der Waals surface area contributed by atoms with Gasteiger partial charge in [0.15, 0.2) is 0 Å². The van der Waals surface area contributed by atoms with Crippen molar-refractivity contribution in [1.29, 1.82) is 5.26 Å². The average molecular weight is 275 g/mol. The van der Waals surface area contributed by atoms with Gasteiger partial charge in [0.1, 0.15) is 11.9 Å². The number of amidine groups is 1. The first-order valence-electron chi connectivity index (χ1n) is 6.39. The molecular formula is C16H13N5. The quantitative estimate of drug-likeness (QED) is 0.324. The van der Waals surface area contributed by atoms with Gasteiger partial charge in [0, 0.05) is 22.8 Å². The summed E-state index contributed by atoms with van der Waals surface area (Å²) in [7, 11) is 0. The minimum atomic E-state index is 0.289. The molecule has 0 saturated heterocycles. The zero-order valence-electron chi connectivity index (χ0n) is 11.2. The van der Waals surface area contributed by atoms with Crippen LogP contribution in [0, 0.1) is 11.3 Å². The van der Waals surface area contributed by atoms with E-state index < -0.39 is 0 Å². The molecule has 1 aromatic heterocycles. The highest BCUT2D eigenvalue weighted by Crippen LogP contribution is 2.24. The van der Waals surface area contributed by atoms with Gasteiger partial charge in [-0.3, -0.25) is 0 Å². The zero-order valence-corrected chi connectivity index (χ0v) is 11.2. The van der Waals surface area contributed by atoms with Gasteiger partial charge in [-0.25, -0.2) is 0 Å². The van der Waals surface area contributed by atoms with E-state index in [1.165, 1.54) is 0 Å². The van der Waals surface area contributed by atoms with Crippen LogP contribution in [0.1, 0.15) is 11.1 Å². The Balaban J connectivity index is 2.15. The lowest BCUT2D eigenvalue weighted by molar-refractivity contribution is 1.12. The molecule has 0 bridgehead atoms. The van der Waals surface area contributed by atoms with E-state index in [1.54, 1.807) is 0 Å². The van der Waals surface area contributed by atoms with Crippen molar-refractivity contribution < 1.29 is 0 Å². The Morgan fingerprint density at radius 1 is 1.10 bits per heavy atom. The van der Waals surface area contributed by atoms with Gasteiger partial charge < -0.3 is 16.1 Å². The number of nitrogens with two attached hydrogens (primary N) is 2. The number of nitriles is 1. The second-order valence-electron chi connectivity index (χ2n) is 4.60. The van der Waals surface area contributed by atoms with E-state index in [2.05, 4.69) is 11.2 Å². The Bertz CT molecular complexity index is 866. The van der Waals surface area contributed by atoms with E-state index >= 15 is 0 Å². The summed E-state index contributed by atoms with van der Waals surface area (Å²) in [5.41, 5.74) is 9.02. The SMILES string of the molecule is N#Cc1cn(-c2ccc(/C(N)=N/N)cc2)c2ccccc12. The summed E-state index contributed by atoms with van der Waals surface area (Å²) >= 11 is 0. The molecule has 0 aliphatic rings. The van der Waals surface area contributed by atoms with Crippen molar-refractivity contribution in [1.82, 2.24) is 4.57 Å². The maximum Gasteiger partial charge on any atom is 0.150 e. The molecule has 0 aliphatic carbocycles. The molecule has 4 N–H and O–H groups in total. The van der Waals surface area contributed by atoms with Crippen LogP contribution < -0.4 is 11.6 Å². The Morgan fingerprint density at radius 3 is 2.48 bits per heavy atom. The summed E-state index contributed by atoms with van der Waals surface area (Å²) in [6.07, 6.45) is 1.83. The highest BCUT2D eigenvalue weighted by molar-refractivity contribution is 5.97. The summed E-state index contributed by atoms with van der Waals surface area (Å²) in [4.78, 5) is 0. The molecular weight excluding hydrogens is 262 g/mol. The maximum atomic E-state index is 9.24. The first kappa shape index (κ1) is 12.8. The predicted molar refractivity (Wildman–Crippen MR) is 82.9 cm³/mol. The number of benzene rings is 2. The summed E-state index contributed by atoms with van der Waals surface area (Å²) in [6, 6.07) is 17.6. The lowest BCUT2D eigenvalue weighted by Crippen LogP contribution is -2.15. The van der Waals surface area contributed by atoms with Gasteiger partial charge in [-0.1, -0.05) is 18.2 Å². The second kappa shape index (κ2) is 5.02. The standard InChI is InChI=1S/C16H13N5/c17-9-12-10-21(15-4-2-1-3-14(12)15)13-7-5-11(6-8-13)16(18)20-19/h1-8,10H,19H2,(H2,18,20). The molecule has 102 valence electrons. The fourth-order valence-corrected chi connectivity index (χ4v) is 2.35. The summed E-state index contributed by atoms with van der Waals surface area (Å²) in [6.45, 7) is 0. The van der Waals surface area contributed by atoms with Crippen LogP contribution in [-0.2, 0) is 0 Å². The van der Waals surface area contributed by atoms with Crippen molar-refractivity contribution in [3.63, 3.8) is 0 Å². The van der Waals surface area contributed by atoms with Crippen molar-refractivity contribution in [2.45, 2.75) is 0 Å². The normalized spacial score (nSPS) is 11.5. The average Bonchev–Trinajstić information content (AvgIpc) is 2.93. The summed E-state index contributed by atoms with van der Waals surface area (Å²) in [5, 5.41) is 13.6. The number of aromatic nitrogens is 1. The molecule has 5 nitrogen and oxygen atoms in total. The predicted octanol–water partition coefficient (Wildman–Crippen LogP) is 2.08. The molecule has 21 heavy (non-hydrogen) atoms. The van der Waals surface area contributed by atoms with Crippen LogP contribution in [0.2, 0.25) is 0 Å². The lowest BCUT2D eigenvalue weighted by Gasteiger charge is -2.06. The maximum absolute atomic E-state index is 9.24. The number of nitrogens with zero attached hydrogens (tertiary/aromatic N) is 3. The molecule has 0 atom stereocenters. The van der Waals surface area contributed by atoms with Crippen LogP contribution in [-0.4, -0.2) is 10.4 Å². The number of rotatable bonds is 2. The van der Waals surface area contributed by atoms with Crippen LogP contribution in [0.4, 0.5) is 0 Å². The third-order valence-corrected chi connectivity index (χ3v) is 3.41. The molecule has 0 spiro atoms. The van der Waals surface area contributed by atoms with Crippen molar-refractivity contribution in [3.8, 4) is 11.8 Å². The van der Waals surface area contributed by atoms with Crippen molar-refractivity contribution >= 4 is 16.7 Å². The molecule has 0 aliphatic heterocycles. The molecule has 0 saturated carbocycles. The molecule has 5 heteroatoms. The van der Waals surface area contributed by atoms with Gasteiger partial charge in [-0.2, -0.15) is 10.4 Å². The number of hydrogen-bond donors (Lipinski definition) is 2. The Hall–Kier alpha value is -3.26. The van der Waals surface area contributed by atoms with Crippen molar-refractivity contribution in [2.24, 2.45) is 16.7 Å². The number of fused-ring (bicyclic) bond motifs is 1. The first-order valence-corrected chi connectivity index (χ1v) is 6.39. The molecule has 0 radical (unpaired) electrons. The summed E-state index contributed by atoms with van der Waals surface area (Å²) < 4.78 is 1.98. The van der Waals surface area contributed by atoms with Gasteiger partial charge in [0.05, 0.1) is 11.1 Å². The topological polar surface area (TPSA) is 93.1 Å². The molecule has 0 unspecified atom stereocenters. The van der Waals surface area contributed by atoms with Crippen LogP contribution >= 0.6 is 0 Å². The van der Waals surface area contributed by atoms with E-state index in [0.29, 0.717) is 5.56 Å². The second-order valence-corrected chi connectivity index (χ2v) is 4.60. The zero-order chi connectivity index (χ0) is 14.8. The molecule has 0 fully saturated rings.